The summed E-state index contributed by atoms with van der Waals surface area (Å²) in [5.74, 6) is -0.258. The SMILES string of the molecule is O=CNc1cccc(-c2ccc(F)cc2)c1. The molecular weight excluding hydrogens is 205 g/mol. The lowest BCUT2D eigenvalue weighted by molar-refractivity contribution is -0.105. The molecule has 0 aliphatic rings. The molecule has 0 spiro atoms. The number of carbonyl (C=O) groups is 1. The van der Waals surface area contributed by atoms with E-state index in [4.69, 9.17) is 0 Å². The van der Waals surface area contributed by atoms with Crippen LogP contribution in [0.2, 0.25) is 0 Å². The van der Waals surface area contributed by atoms with Crippen molar-refractivity contribution in [1.29, 1.82) is 0 Å². The number of hydrogen-bond acceptors (Lipinski definition) is 1. The lowest BCUT2D eigenvalue weighted by Crippen LogP contribution is -1.93. The van der Waals surface area contributed by atoms with Gasteiger partial charge in [-0.3, -0.25) is 4.79 Å². The molecule has 1 amide bonds. The third-order valence-corrected chi connectivity index (χ3v) is 2.27. The van der Waals surface area contributed by atoms with E-state index in [1.807, 2.05) is 18.2 Å². The van der Waals surface area contributed by atoms with Gasteiger partial charge in [-0.25, -0.2) is 4.39 Å². The Hall–Kier alpha value is -2.16. The molecule has 16 heavy (non-hydrogen) atoms. The van der Waals surface area contributed by atoms with E-state index in [1.165, 1.54) is 12.1 Å². The number of amides is 1. The Balaban J connectivity index is 2.36. The first-order valence-corrected chi connectivity index (χ1v) is 4.86. The van der Waals surface area contributed by atoms with Crippen LogP contribution in [0.5, 0.6) is 0 Å². The summed E-state index contributed by atoms with van der Waals surface area (Å²) in [5, 5.41) is 2.57. The zero-order chi connectivity index (χ0) is 11.4. The molecule has 0 aromatic heterocycles. The molecule has 0 saturated carbocycles. The highest BCUT2D eigenvalue weighted by atomic mass is 19.1. The summed E-state index contributed by atoms with van der Waals surface area (Å²) in [4.78, 5) is 10.3. The second-order valence-electron chi connectivity index (χ2n) is 3.35. The lowest BCUT2D eigenvalue weighted by atomic mass is 10.1. The predicted octanol–water partition coefficient (Wildman–Crippen LogP) is 3.06. The fourth-order valence-electron chi connectivity index (χ4n) is 1.50. The summed E-state index contributed by atoms with van der Waals surface area (Å²) in [6, 6.07) is 13.6. The van der Waals surface area contributed by atoms with Crippen molar-refractivity contribution >= 4 is 12.1 Å². The van der Waals surface area contributed by atoms with Crippen molar-refractivity contribution in [3.8, 4) is 11.1 Å². The molecule has 0 heterocycles. The van der Waals surface area contributed by atoms with Crippen molar-refractivity contribution < 1.29 is 9.18 Å². The smallest absolute Gasteiger partial charge is 0.211 e. The van der Waals surface area contributed by atoms with Crippen LogP contribution in [-0.4, -0.2) is 6.41 Å². The Bertz CT molecular complexity index is 494. The lowest BCUT2D eigenvalue weighted by Gasteiger charge is -2.04. The number of anilines is 1. The molecule has 2 aromatic carbocycles. The summed E-state index contributed by atoms with van der Waals surface area (Å²) in [6.45, 7) is 0. The van der Waals surface area contributed by atoms with Gasteiger partial charge in [-0.2, -0.15) is 0 Å². The molecule has 3 heteroatoms. The summed E-state index contributed by atoms with van der Waals surface area (Å²) in [6.07, 6.45) is 0.629. The Labute approximate surface area is 92.7 Å². The number of halogens is 1. The van der Waals surface area contributed by atoms with Gasteiger partial charge in [0, 0.05) is 5.69 Å². The Morgan fingerprint density at radius 1 is 1.00 bits per heavy atom. The third kappa shape index (κ3) is 2.25. The van der Waals surface area contributed by atoms with Gasteiger partial charge >= 0.3 is 0 Å². The van der Waals surface area contributed by atoms with E-state index in [2.05, 4.69) is 5.32 Å². The molecule has 80 valence electrons. The molecular formula is C13H10FNO. The maximum atomic E-state index is 12.7. The molecule has 2 aromatic rings. The van der Waals surface area contributed by atoms with Crippen molar-refractivity contribution in [3.05, 3.63) is 54.3 Å². The van der Waals surface area contributed by atoms with Crippen LogP contribution in [-0.2, 0) is 4.79 Å². The van der Waals surface area contributed by atoms with Crippen LogP contribution in [0.25, 0.3) is 11.1 Å². The standard InChI is InChI=1S/C13H10FNO/c14-12-6-4-10(5-7-12)11-2-1-3-13(8-11)15-9-16/h1-9H,(H,15,16). The number of carbonyl (C=O) groups excluding carboxylic acids is 1. The zero-order valence-corrected chi connectivity index (χ0v) is 8.48. The van der Waals surface area contributed by atoms with Crippen molar-refractivity contribution in [2.75, 3.05) is 5.32 Å². The second kappa shape index (κ2) is 4.57. The van der Waals surface area contributed by atoms with E-state index in [9.17, 15) is 9.18 Å². The van der Waals surface area contributed by atoms with Crippen LogP contribution in [0.1, 0.15) is 0 Å². The molecule has 0 aliphatic carbocycles. The van der Waals surface area contributed by atoms with Gasteiger partial charge in [0.25, 0.3) is 0 Å². The second-order valence-corrected chi connectivity index (χ2v) is 3.35. The normalized spacial score (nSPS) is 9.81. The molecule has 0 aliphatic heterocycles. The number of hydrogen-bond donors (Lipinski definition) is 1. The molecule has 0 radical (unpaired) electrons. The minimum atomic E-state index is -0.258. The fourth-order valence-corrected chi connectivity index (χ4v) is 1.50. The Kier molecular flexibility index (Phi) is 2.96. The largest absolute Gasteiger partial charge is 0.329 e. The maximum Gasteiger partial charge on any atom is 0.211 e. The van der Waals surface area contributed by atoms with Crippen LogP contribution < -0.4 is 5.32 Å². The first-order chi connectivity index (χ1) is 7.79. The topological polar surface area (TPSA) is 29.1 Å². The van der Waals surface area contributed by atoms with Gasteiger partial charge in [-0.05, 0) is 35.4 Å². The van der Waals surface area contributed by atoms with Gasteiger partial charge in [0.15, 0.2) is 0 Å². The van der Waals surface area contributed by atoms with Crippen LogP contribution in [0.4, 0.5) is 10.1 Å². The quantitative estimate of drug-likeness (QED) is 0.783. The monoisotopic (exact) mass is 215 g/mol. The maximum absolute atomic E-state index is 12.7. The van der Waals surface area contributed by atoms with Gasteiger partial charge < -0.3 is 5.32 Å². The predicted molar refractivity (Wildman–Crippen MR) is 61.5 cm³/mol. The molecule has 0 fully saturated rings. The van der Waals surface area contributed by atoms with Crippen LogP contribution >= 0.6 is 0 Å². The Morgan fingerprint density at radius 3 is 2.44 bits per heavy atom. The highest BCUT2D eigenvalue weighted by molar-refractivity contribution is 5.75. The summed E-state index contributed by atoms with van der Waals surface area (Å²) >= 11 is 0. The number of rotatable bonds is 3. The van der Waals surface area contributed by atoms with Crippen LogP contribution in [0, 0.1) is 5.82 Å². The van der Waals surface area contributed by atoms with Gasteiger partial charge in [-0.1, -0.05) is 24.3 Å². The minimum Gasteiger partial charge on any atom is -0.329 e. The average Bonchev–Trinajstić information content (AvgIpc) is 2.31. The van der Waals surface area contributed by atoms with E-state index in [-0.39, 0.29) is 5.82 Å². The fraction of sp³-hybridized carbons (Fsp3) is 0. The van der Waals surface area contributed by atoms with Crippen LogP contribution in [0.3, 0.4) is 0 Å². The molecule has 2 nitrogen and oxygen atoms in total. The zero-order valence-electron chi connectivity index (χ0n) is 8.48. The average molecular weight is 215 g/mol. The summed E-state index contributed by atoms with van der Waals surface area (Å²) in [7, 11) is 0. The van der Waals surface area contributed by atoms with Gasteiger partial charge in [-0.15, -0.1) is 0 Å². The number of benzene rings is 2. The molecule has 1 N–H and O–H groups in total. The van der Waals surface area contributed by atoms with Crippen molar-refractivity contribution in [2.45, 2.75) is 0 Å². The van der Waals surface area contributed by atoms with E-state index in [0.29, 0.717) is 6.41 Å². The molecule has 2 rings (SSSR count). The molecule has 0 atom stereocenters. The van der Waals surface area contributed by atoms with Gasteiger partial charge in [0.1, 0.15) is 5.82 Å². The highest BCUT2D eigenvalue weighted by Gasteiger charge is 1.99. The van der Waals surface area contributed by atoms with E-state index >= 15 is 0 Å². The Morgan fingerprint density at radius 2 is 1.75 bits per heavy atom. The third-order valence-electron chi connectivity index (χ3n) is 2.27. The van der Waals surface area contributed by atoms with E-state index in [1.54, 1.807) is 18.2 Å². The van der Waals surface area contributed by atoms with Gasteiger partial charge in [0.05, 0.1) is 0 Å². The molecule has 0 bridgehead atoms. The van der Waals surface area contributed by atoms with E-state index in [0.717, 1.165) is 16.8 Å². The minimum absolute atomic E-state index is 0.258. The van der Waals surface area contributed by atoms with Gasteiger partial charge in [0.2, 0.25) is 6.41 Å². The summed E-state index contributed by atoms with van der Waals surface area (Å²) in [5.41, 5.74) is 2.57. The van der Waals surface area contributed by atoms with Crippen molar-refractivity contribution in [3.63, 3.8) is 0 Å². The first kappa shape index (κ1) is 10.4. The van der Waals surface area contributed by atoms with E-state index < -0.39 is 0 Å². The van der Waals surface area contributed by atoms with Crippen molar-refractivity contribution in [1.82, 2.24) is 0 Å². The molecule has 0 unspecified atom stereocenters. The molecule has 0 saturated heterocycles. The van der Waals surface area contributed by atoms with Crippen LogP contribution in [0.15, 0.2) is 48.5 Å². The summed E-state index contributed by atoms with van der Waals surface area (Å²) < 4.78 is 12.7. The van der Waals surface area contributed by atoms with Crippen molar-refractivity contribution in [2.24, 2.45) is 0 Å². The highest BCUT2D eigenvalue weighted by Crippen LogP contribution is 2.22. The first-order valence-electron chi connectivity index (χ1n) is 4.86. The number of nitrogens with one attached hydrogen (secondary N) is 1.